The molecule has 25 heavy (non-hydrogen) atoms. The lowest BCUT2D eigenvalue weighted by Gasteiger charge is -2.33. The van der Waals surface area contributed by atoms with E-state index < -0.39 is 0 Å². The summed E-state index contributed by atoms with van der Waals surface area (Å²) >= 11 is 5.77. The van der Waals surface area contributed by atoms with Gasteiger partial charge in [-0.05, 0) is 82.0 Å². The molecule has 2 aromatic rings. The molecule has 0 spiro atoms. The van der Waals surface area contributed by atoms with Crippen molar-refractivity contribution in [1.82, 2.24) is 14.8 Å². The molecule has 1 N–H and O–H groups in total. The molecule has 0 saturated heterocycles. The van der Waals surface area contributed by atoms with Crippen molar-refractivity contribution in [3.8, 4) is 0 Å². The van der Waals surface area contributed by atoms with Crippen molar-refractivity contribution in [3.63, 3.8) is 0 Å². The van der Waals surface area contributed by atoms with Gasteiger partial charge < -0.3 is 15.1 Å². The van der Waals surface area contributed by atoms with E-state index in [2.05, 4.69) is 73.2 Å². The first-order chi connectivity index (χ1) is 11.9. The fourth-order valence-corrected chi connectivity index (χ4v) is 3.02. The number of likely N-dealkylation sites (N-methyl/N-ethyl adjacent to an activating group) is 1. The molecule has 0 saturated carbocycles. The third-order valence-corrected chi connectivity index (χ3v) is 4.68. The van der Waals surface area contributed by atoms with Crippen LogP contribution >= 0.6 is 12.2 Å². The largest absolute Gasteiger partial charge is 0.341 e. The SMILES string of the molecule is Cc1ccc(C)c(NC(=S)N(CCN(C)C)[C@H](C)c2ccncc2)c1. The van der Waals surface area contributed by atoms with Crippen molar-refractivity contribution in [1.29, 1.82) is 0 Å². The molecule has 1 aromatic carbocycles. The Morgan fingerprint density at radius 1 is 1.12 bits per heavy atom. The Balaban J connectivity index is 2.21. The number of rotatable bonds is 6. The van der Waals surface area contributed by atoms with Gasteiger partial charge in [0.05, 0.1) is 6.04 Å². The average molecular weight is 357 g/mol. The number of aryl methyl sites for hydroxylation is 2. The second-order valence-electron chi connectivity index (χ2n) is 6.70. The highest BCUT2D eigenvalue weighted by atomic mass is 32.1. The lowest BCUT2D eigenvalue weighted by Crippen LogP contribution is -2.41. The van der Waals surface area contributed by atoms with Crippen LogP contribution in [0, 0.1) is 13.8 Å². The molecule has 0 amide bonds. The predicted molar refractivity (Wildman–Crippen MR) is 110 cm³/mol. The number of nitrogens with one attached hydrogen (secondary N) is 1. The van der Waals surface area contributed by atoms with E-state index in [9.17, 15) is 0 Å². The number of aromatic nitrogens is 1. The van der Waals surface area contributed by atoms with Crippen molar-refractivity contribution in [2.45, 2.75) is 26.8 Å². The van der Waals surface area contributed by atoms with Gasteiger partial charge in [0, 0.05) is 31.2 Å². The normalized spacial score (nSPS) is 12.1. The minimum atomic E-state index is 0.174. The third kappa shape index (κ3) is 5.51. The van der Waals surface area contributed by atoms with Gasteiger partial charge in [0.2, 0.25) is 0 Å². The highest BCUT2D eigenvalue weighted by molar-refractivity contribution is 7.80. The molecule has 1 aromatic heterocycles. The van der Waals surface area contributed by atoms with E-state index in [-0.39, 0.29) is 6.04 Å². The molecule has 0 aliphatic carbocycles. The zero-order valence-corrected chi connectivity index (χ0v) is 16.6. The van der Waals surface area contributed by atoms with Crippen molar-refractivity contribution < 1.29 is 0 Å². The summed E-state index contributed by atoms with van der Waals surface area (Å²) in [5.41, 5.74) is 4.69. The molecule has 4 nitrogen and oxygen atoms in total. The molecule has 0 aliphatic heterocycles. The molecule has 0 fully saturated rings. The quantitative estimate of drug-likeness (QED) is 0.790. The van der Waals surface area contributed by atoms with Gasteiger partial charge in [-0.1, -0.05) is 12.1 Å². The first kappa shape index (κ1) is 19.3. The van der Waals surface area contributed by atoms with Gasteiger partial charge in [-0.3, -0.25) is 4.98 Å². The van der Waals surface area contributed by atoms with E-state index in [1.54, 1.807) is 0 Å². The highest BCUT2D eigenvalue weighted by Crippen LogP contribution is 2.22. The van der Waals surface area contributed by atoms with E-state index >= 15 is 0 Å². The molecule has 0 aliphatic rings. The Labute approximate surface area is 156 Å². The van der Waals surface area contributed by atoms with Crippen molar-refractivity contribution in [2.24, 2.45) is 0 Å². The molecule has 134 valence electrons. The standard InChI is InChI=1S/C20H28N4S/c1-15-6-7-16(2)19(14-15)22-20(25)24(13-12-23(4)5)17(3)18-8-10-21-11-9-18/h6-11,14,17H,12-13H2,1-5H3,(H,22,25)/t17-/m1/s1. The molecule has 5 heteroatoms. The molecule has 1 heterocycles. The summed E-state index contributed by atoms with van der Waals surface area (Å²) < 4.78 is 0. The summed E-state index contributed by atoms with van der Waals surface area (Å²) in [6.07, 6.45) is 3.66. The summed E-state index contributed by atoms with van der Waals surface area (Å²) in [5.74, 6) is 0. The summed E-state index contributed by atoms with van der Waals surface area (Å²) in [6, 6.07) is 10.7. The maximum atomic E-state index is 5.77. The molecule has 2 rings (SSSR count). The molecule has 0 bridgehead atoms. The highest BCUT2D eigenvalue weighted by Gasteiger charge is 2.19. The van der Waals surface area contributed by atoms with Crippen LogP contribution in [0.4, 0.5) is 5.69 Å². The Morgan fingerprint density at radius 2 is 1.80 bits per heavy atom. The first-order valence-electron chi connectivity index (χ1n) is 8.58. The monoisotopic (exact) mass is 356 g/mol. The van der Waals surface area contributed by atoms with Gasteiger partial charge in [0.1, 0.15) is 0 Å². The molecule has 0 radical (unpaired) electrons. The minimum absolute atomic E-state index is 0.174. The first-order valence-corrected chi connectivity index (χ1v) is 8.99. The number of anilines is 1. The maximum absolute atomic E-state index is 5.77. The second kappa shape index (κ2) is 8.92. The summed E-state index contributed by atoms with van der Waals surface area (Å²) in [4.78, 5) is 8.54. The summed E-state index contributed by atoms with van der Waals surface area (Å²) in [7, 11) is 4.16. The fourth-order valence-electron chi connectivity index (χ4n) is 2.66. The van der Waals surface area contributed by atoms with E-state index in [4.69, 9.17) is 12.2 Å². The molecular formula is C20H28N4S. The van der Waals surface area contributed by atoms with E-state index in [1.165, 1.54) is 16.7 Å². The topological polar surface area (TPSA) is 31.4 Å². The lowest BCUT2D eigenvalue weighted by atomic mass is 10.1. The van der Waals surface area contributed by atoms with Crippen LogP contribution < -0.4 is 5.32 Å². The Bertz CT molecular complexity index is 700. The molecule has 0 unspecified atom stereocenters. The van der Waals surface area contributed by atoms with Crippen LogP contribution in [0.2, 0.25) is 0 Å². The van der Waals surface area contributed by atoms with E-state index in [1.807, 2.05) is 24.5 Å². The lowest BCUT2D eigenvalue weighted by molar-refractivity contribution is 0.289. The van der Waals surface area contributed by atoms with Gasteiger partial charge in [0.15, 0.2) is 5.11 Å². The minimum Gasteiger partial charge on any atom is -0.341 e. The number of hydrogen-bond donors (Lipinski definition) is 1. The van der Waals surface area contributed by atoms with E-state index in [0.29, 0.717) is 0 Å². The fraction of sp³-hybridized carbons (Fsp3) is 0.400. The summed E-state index contributed by atoms with van der Waals surface area (Å²) in [6.45, 7) is 8.16. The Morgan fingerprint density at radius 3 is 2.44 bits per heavy atom. The Hall–Kier alpha value is -1.98. The van der Waals surface area contributed by atoms with Crippen LogP contribution in [0.25, 0.3) is 0 Å². The molecular weight excluding hydrogens is 328 g/mol. The predicted octanol–water partition coefficient (Wildman–Crippen LogP) is 4.02. The van der Waals surface area contributed by atoms with Gasteiger partial charge in [-0.15, -0.1) is 0 Å². The van der Waals surface area contributed by atoms with Crippen LogP contribution in [0.3, 0.4) is 0 Å². The smallest absolute Gasteiger partial charge is 0.173 e. The van der Waals surface area contributed by atoms with Crippen molar-refractivity contribution in [3.05, 3.63) is 59.4 Å². The average Bonchev–Trinajstić information content (AvgIpc) is 2.58. The van der Waals surface area contributed by atoms with Gasteiger partial charge in [-0.25, -0.2) is 0 Å². The molecule has 1 atom stereocenters. The number of hydrogen-bond acceptors (Lipinski definition) is 3. The van der Waals surface area contributed by atoms with Gasteiger partial charge in [-0.2, -0.15) is 0 Å². The zero-order chi connectivity index (χ0) is 18.4. The third-order valence-electron chi connectivity index (χ3n) is 4.34. The van der Waals surface area contributed by atoms with Gasteiger partial charge >= 0.3 is 0 Å². The van der Waals surface area contributed by atoms with Crippen molar-refractivity contribution >= 4 is 23.0 Å². The second-order valence-corrected chi connectivity index (χ2v) is 7.09. The number of thiocarbonyl (C=S) groups is 1. The van der Waals surface area contributed by atoms with Crippen LogP contribution in [0.5, 0.6) is 0 Å². The van der Waals surface area contributed by atoms with Crippen LogP contribution in [0.1, 0.15) is 29.7 Å². The van der Waals surface area contributed by atoms with Crippen molar-refractivity contribution in [2.75, 3.05) is 32.5 Å². The van der Waals surface area contributed by atoms with Crippen LogP contribution in [-0.2, 0) is 0 Å². The maximum Gasteiger partial charge on any atom is 0.173 e. The van der Waals surface area contributed by atoms with Crippen LogP contribution in [-0.4, -0.2) is 47.1 Å². The summed E-state index contributed by atoms with van der Waals surface area (Å²) in [5, 5.41) is 4.20. The van der Waals surface area contributed by atoms with Gasteiger partial charge in [0.25, 0.3) is 0 Å². The number of benzene rings is 1. The number of nitrogens with zero attached hydrogens (tertiary/aromatic N) is 3. The zero-order valence-electron chi connectivity index (χ0n) is 15.8. The van der Waals surface area contributed by atoms with Crippen LogP contribution in [0.15, 0.2) is 42.7 Å². The number of pyridine rings is 1. The Kier molecular flexibility index (Phi) is 6.91. The van der Waals surface area contributed by atoms with E-state index in [0.717, 1.165) is 23.9 Å².